The smallest absolute Gasteiger partial charge is 0.150 e. The average Bonchev–Trinajstić information content (AvgIpc) is 2.13. The zero-order chi connectivity index (χ0) is 9.26. The largest absolute Gasteiger partial charge is 0.298 e. The SMILES string of the molecule is C[SH]1C=C(c2ccc(C=O)cc2)C1. The summed E-state index contributed by atoms with van der Waals surface area (Å²) in [5.41, 5.74) is 3.46. The topological polar surface area (TPSA) is 17.1 Å². The standard InChI is InChI=1S/C11H12OS/c1-13-7-11(8-13)10-4-2-9(6-12)3-5-10/h2-7,13H,8H2,1H3. The van der Waals surface area contributed by atoms with Crippen LogP contribution in [0.5, 0.6) is 0 Å². The molecule has 1 heterocycles. The lowest BCUT2D eigenvalue weighted by atomic mass is 10.1. The van der Waals surface area contributed by atoms with Gasteiger partial charge in [0, 0.05) is 11.3 Å². The van der Waals surface area contributed by atoms with Gasteiger partial charge in [0.2, 0.25) is 0 Å². The van der Waals surface area contributed by atoms with Crippen molar-refractivity contribution in [1.29, 1.82) is 0 Å². The maximum atomic E-state index is 10.4. The van der Waals surface area contributed by atoms with E-state index in [4.69, 9.17) is 0 Å². The predicted octanol–water partition coefficient (Wildman–Crippen LogP) is 2.48. The Hall–Kier alpha value is -1.02. The average molecular weight is 192 g/mol. The molecule has 0 bridgehead atoms. The van der Waals surface area contributed by atoms with Crippen LogP contribution < -0.4 is 0 Å². The van der Waals surface area contributed by atoms with Crippen molar-refractivity contribution in [2.24, 2.45) is 0 Å². The van der Waals surface area contributed by atoms with Crippen LogP contribution in [0, 0.1) is 0 Å². The number of carbonyl (C=O) groups is 1. The monoisotopic (exact) mass is 192 g/mol. The summed E-state index contributed by atoms with van der Waals surface area (Å²) in [4.78, 5) is 10.4. The molecule has 1 unspecified atom stereocenters. The van der Waals surface area contributed by atoms with Crippen molar-refractivity contribution < 1.29 is 4.79 Å². The highest BCUT2D eigenvalue weighted by Gasteiger charge is 2.12. The number of benzene rings is 1. The van der Waals surface area contributed by atoms with Crippen LogP contribution in [0.1, 0.15) is 15.9 Å². The summed E-state index contributed by atoms with van der Waals surface area (Å²) in [5.74, 6) is 1.23. The van der Waals surface area contributed by atoms with Gasteiger partial charge in [-0.2, -0.15) is 0 Å². The van der Waals surface area contributed by atoms with E-state index in [-0.39, 0.29) is 10.9 Å². The quantitative estimate of drug-likeness (QED) is 0.562. The van der Waals surface area contributed by atoms with Gasteiger partial charge in [0.05, 0.1) is 0 Å². The van der Waals surface area contributed by atoms with Crippen LogP contribution in [-0.4, -0.2) is 18.3 Å². The summed E-state index contributed by atoms with van der Waals surface area (Å²) in [6, 6.07) is 7.80. The lowest BCUT2D eigenvalue weighted by molar-refractivity contribution is 0.112. The molecular weight excluding hydrogens is 180 g/mol. The zero-order valence-electron chi connectivity index (χ0n) is 7.53. The van der Waals surface area contributed by atoms with Crippen molar-refractivity contribution in [1.82, 2.24) is 0 Å². The second-order valence-electron chi connectivity index (χ2n) is 3.31. The molecule has 0 aromatic heterocycles. The molecule has 1 atom stereocenters. The molecule has 1 nitrogen and oxygen atoms in total. The Kier molecular flexibility index (Phi) is 2.23. The number of rotatable bonds is 2. The van der Waals surface area contributed by atoms with E-state index in [1.54, 1.807) is 0 Å². The molecule has 1 aliphatic rings. The summed E-state index contributed by atoms with van der Waals surface area (Å²) >= 11 is 0. The summed E-state index contributed by atoms with van der Waals surface area (Å²) in [7, 11) is 0.177. The Balaban J connectivity index is 2.24. The van der Waals surface area contributed by atoms with Crippen LogP contribution in [-0.2, 0) is 0 Å². The van der Waals surface area contributed by atoms with E-state index in [2.05, 4.69) is 11.7 Å². The van der Waals surface area contributed by atoms with Crippen molar-refractivity contribution in [3.8, 4) is 0 Å². The Morgan fingerprint density at radius 1 is 1.31 bits per heavy atom. The van der Waals surface area contributed by atoms with Gasteiger partial charge in [-0.25, -0.2) is 10.9 Å². The first-order valence-electron chi connectivity index (χ1n) is 4.26. The number of hydrogen-bond donors (Lipinski definition) is 1. The highest BCUT2D eigenvalue weighted by molar-refractivity contribution is 8.20. The number of aldehydes is 1. The molecule has 0 fully saturated rings. The Bertz CT molecular complexity index is 351. The third-order valence-corrected chi connectivity index (χ3v) is 3.81. The molecule has 0 aliphatic carbocycles. The van der Waals surface area contributed by atoms with Crippen LogP contribution in [0.15, 0.2) is 29.7 Å². The minimum Gasteiger partial charge on any atom is -0.298 e. The van der Waals surface area contributed by atoms with Gasteiger partial charge < -0.3 is 0 Å². The lowest BCUT2D eigenvalue weighted by Gasteiger charge is -2.25. The minimum absolute atomic E-state index is 0.177. The molecule has 0 amide bonds. The maximum Gasteiger partial charge on any atom is 0.150 e. The normalized spacial score (nSPS) is 23.2. The van der Waals surface area contributed by atoms with E-state index in [0.717, 1.165) is 11.8 Å². The van der Waals surface area contributed by atoms with Crippen LogP contribution in [0.3, 0.4) is 0 Å². The molecule has 0 N–H and O–H groups in total. The van der Waals surface area contributed by atoms with Crippen molar-refractivity contribution in [3.63, 3.8) is 0 Å². The van der Waals surface area contributed by atoms with Crippen molar-refractivity contribution in [3.05, 3.63) is 40.8 Å². The Labute approximate surface area is 80.8 Å². The molecule has 1 aliphatic heterocycles. The highest BCUT2D eigenvalue weighted by atomic mass is 32.2. The Morgan fingerprint density at radius 2 is 1.92 bits per heavy atom. The van der Waals surface area contributed by atoms with E-state index in [1.165, 1.54) is 16.9 Å². The lowest BCUT2D eigenvalue weighted by Crippen LogP contribution is -2.00. The van der Waals surface area contributed by atoms with Gasteiger partial charge in [-0.1, -0.05) is 24.3 Å². The van der Waals surface area contributed by atoms with Gasteiger partial charge in [0.15, 0.2) is 0 Å². The van der Waals surface area contributed by atoms with Crippen LogP contribution in [0.4, 0.5) is 0 Å². The predicted molar refractivity (Wildman–Crippen MR) is 59.6 cm³/mol. The van der Waals surface area contributed by atoms with E-state index >= 15 is 0 Å². The second-order valence-corrected chi connectivity index (χ2v) is 5.40. The third-order valence-electron chi connectivity index (χ3n) is 2.21. The van der Waals surface area contributed by atoms with Crippen molar-refractivity contribution in [2.45, 2.75) is 0 Å². The highest BCUT2D eigenvalue weighted by Crippen LogP contribution is 2.41. The number of hydrogen-bond acceptors (Lipinski definition) is 1. The van der Waals surface area contributed by atoms with Gasteiger partial charge in [-0.05, 0) is 22.8 Å². The molecular formula is C11H12OS. The molecule has 1 aromatic carbocycles. The van der Waals surface area contributed by atoms with E-state index in [0.29, 0.717) is 0 Å². The third kappa shape index (κ3) is 1.68. The molecule has 2 rings (SSSR count). The Morgan fingerprint density at radius 3 is 2.38 bits per heavy atom. The molecule has 0 spiro atoms. The molecule has 13 heavy (non-hydrogen) atoms. The van der Waals surface area contributed by atoms with Gasteiger partial charge in [-0.3, -0.25) is 4.79 Å². The van der Waals surface area contributed by atoms with Crippen molar-refractivity contribution >= 4 is 22.8 Å². The van der Waals surface area contributed by atoms with Crippen LogP contribution in [0.2, 0.25) is 0 Å². The van der Waals surface area contributed by atoms with Gasteiger partial charge >= 0.3 is 0 Å². The fraction of sp³-hybridized carbons (Fsp3) is 0.182. The number of carbonyl (C=O) groups excluding carboxylic acids is 1. The van der Waals surface area contributed by atoms with Gasteiger partial charge in [0.1, 0.15) is 6.29 Å². The van der Waals surface area contributed by atoms with Crippen LogP contribution in [0.25, 0.3) is 5.57 Å². The molecule has 0 saturated carbocycles. The van der Waals surface area contributed by atoms with E-state index < -0.39 is 0 Å². The van der Waals surface area contributed by atoms with Gasteiger partial charge in [-0.15, -0.1) is 0 Å². The van der Waals surface area contributed by atoms with Crippen molar-refractivity contribution in [2.75, 3.05) is 12.0 Å². The summed E-state index contributed by atoms with van der Waals surface area (Å²) < 4.78 is 0. The summed E-state index contributed by atoms with van der Waals surface area (Å²) in [6.45, 7) is 0. The zero-order valence-corrected chi connectivity index (χ0v) is 8.42. The van der Waals surface area contributed by atoms with Crippen LogP contribution >= 0.6 is 10.9 Å². The molecule has 1 aromatic rings. The second kappa shape index (κ2) is 3.38. The fourth-order valence-electron chi connectivity index (χ4n) is 1.45. The first kappa shape index (κ1) is 8.57. The van der Waals surface area contributed by atoms with E-state index in [9.17, 15) is 4.79 Å². The summed E-state index contributed by atoms with van der Waals surface area (Å²) in [6.07, 6.45) is 3.16. The number of thiol groups is 1. The molecule has 0 radical (unpaired) electrons. The first-order chi connectivity index (χ1) is 6.29. The molecule has 2 heteroatoms. The molecule has 68 valence electrons. The summed E-state index contributed by atoms with van der Waals surface area (Å²) in [5, 5.41) is 2.34. The fourth-order valence-corrected chi connectivity index (χ4v) is 2.80. The molecule has 0 saturated heterocycles. The maximum absolute atomic E-state index is 10.4. The first-order valence-corrected chi connectivity index (χ1v) is 6.30. The van der Waals surface area contributed by atoms with Gasteiger partial charge in [0.25, 0.3) is 0 Å². The minimum atomic E-state index is 0.177. The van der Waals surface area contributed by atoms with E-state index in [1.807, 2.05) is 24.3 Å².